The number of hydrogen-bond acceptors (Lipinski definition) is 4. The van der Waals surface area contributed by atoms with Gasteiger partial charge in [0.25, 0.3) is 0 Å². The summed E-state index contributed by atoms with van der Waals surface area (Å²) in [6.07, 6.45) is 0. The Kier molecular flexibility index (Phi) is 0.871. The number of nitrogens with two attached hydrogens (primary N) is 1. The maximum atomic E-state index is 7.83. The van der Waals surface area contributed by atoms with E-state index < -0.39 is 26.1 Å². The number of nitrogens with zero attached hydrogens (tertiary/aromatic N) is 2. The van der Waals surface area contributed by atoms with Crippen LogP contribution in [0, 0.1) is 0 Å². The van der Waals surface area contributed by atoms with Crippen LogP contribution in [-0.2, 0) is 4.74 Å². The van der Waals surface area contributed by atoms with E-state index in [4.69, 9.17) is 16.7 Å². The summed E-state index contributed by atoms with van der Waals surface area (Å²) in [5.74, 6) is -0.368. The topological polar surface area (TPSA) is 51.4 Å². The molecule has 2 N–H and O–H groups in total. The zero-order valence-corrected chi connectivity index (χ0v) is 6.61. The Balaban J connectivity index is 2.67. The van der Waals surface area contributed by atoms with Crippen LogP contribution < -0.4 is 10.6 Å². The molecule has 0 spiro atoms. The molecular formula is C9H13N3O. The molecule has 1 aromatic rings. The summed E-state index contributed by atoms with van der Waals surface area (Å²) >= 11 is 0. The van der Waals surface area contributed by atoms with Crippen molar-refractivity contribution >= 4 is 11.6 Å². The van der Waals surface area contributed by atoms with E-state index in [2.05, 4.69) is 9.72 Å². The van der Waals surface area contributed by atoms with Crippen LogP contribution in [-0.4, -0.2) is 31.1 Å². The van der Waals surface area contributed by atoms with Crippen LogP contribution in [0.1, 0.15) is 11.0 Å². The van der Waals surface area contributed by atoms with Gasteiger partial charge in [-0.15, -0.1) is 0 Å². The predicted octanol–water partition coefficient (Wildman–Crippen LogP) is 0.500. The smallest absolute Gasteiger partial charge is 0.131 e. The van der Waals surface area contributed by atoms with Crippen molar-refractivity contribution in [1.82, 2.24) is 4.98 Å². The van der Waals surface area contributed by atoms with E-state index in [0.717, 1.165) is 0 Å². The van der Waals surface area contributed by atoms with Crippen LogP contribution >= 0.6 is 0 Å². The second-order valence-electron chi connectivity index (χ2n) is 2.29. The van der Waals surface area contributed by atoms with Gasteiger partial charge in [-0.25, -0.2) is 4.98 Å². The van der Waals surface area contributed by atoms with E-state index in [9.17, 15) is 0 Å². The summed E-state index contributed by atoms with van der Waals surface area (Å²) in [5, 5.41) is 0. The first-order chi connectivity index (χ1) is 9.33. The van der Waals surface area contributed by atoms with E-state index in [0.29, 0.717) is 0 Å². The number of aromatic nitrogens is 1. The molecule has 0 aromatic carbocycles. The number of anilines is 2. The highest BCUT2D eigenvalue weighted by Crippen LogP contribution is 2.13. The molecule has 0 aliphatic carbocycles. The molecule has 13 heavy (non-hydrogen) atoms. The molecular weight excluding hydrogens is 166 g/mol. The van der Waals surface area contributed by atoms with E-state index in [1.807, 2.05) is 0 Å². The Morgan fingerprint density at radius 3 is 2.92 bits per heavy atom. The second kappa shape index (κ2) is 3.62. The average molecular weight is 187 g/mol. The first kappa shape index (κ1) is 3.13. The molecule has 1 fully saturated rings. The zero-order valence-electron chi connectivity index (χ0n) is 14.6. The lowest BCUT2D eigenvalue weighted by molar-refractivity contribution is 0.122. The van der Waals surface area contributed by atoms with Gasteiger partial charge in [-0.05, 0) is 12.1 Å². The summed E-state index contributed by atoms with van der Waals surface area (Å²) in [6.45, 7) is -12.2. The Morgan fingerprint density at radius 1 is 1.46 bits per heavy atom. The van der Waals surface area contributed by atoms with Crippen LogP contribution in [0.4, 0.5) is 11.6 Å². The molecule has 1 aliphatic heterocycles. The summed E-state index contributed by atoms with van der Waals surface area (Å²) in [5.41, 5.74) is 5.48. The molecule has 0 amide bonds. The summed E-state index contributed by atoms with van der Waals surface area (Å²) < 4.78 is 65.9. The molecule has 1 aromatic heterocycles. The highest BCUT2D eigenvalue weighted by molar-refractivity contribution is 5.44. The average Bonchev–Trinajstić information content (AvgIpc) is 2.24. The van der Waals surface area contributed by atoms with E-state index in [1.54, 1.807) is 0 Å². The molecule has 1 saturated heterocycles. The van der Waals surface area contributed by atoms with Gasteiger partial charge in [-0.2, -0.15) is 0 Å². The van der Waals surface area contributed by atoms with Gasteiger partial charge in [0.05, 0.1) is 24.1 Å². The van der Waals surface area contributed by atoms with Gasteiger partial charge in [0, 0.05) is 13.0 Å². The molecule has 2 rings (SSSR count). The van der Waals surface area contributed by atoms with Gasteiger partial charge in [0.15, 0.2) is 0 Å². The van der Waals surface area contributed by atoms with Crippen molar-refractivity contribution in [3.05, 3.63) is 18.2 Å². The molecule has 0 atom stereocenters. The lowest BCUT2D eigenvalue weighted by atomic mass is 10.3. The minimum atomic E-state index is -3.10. The van der Waals surface area contributed by atoms with E-state index in [1.165, 1.54) is 18.2 Å². The molecule has 0 saturated carbocycles. The molecule has 70 valence electrons. The minimum Gasteiger partial charge on any atom is -0.384 e. The molecule has 4 nitrogen and oxygen atoms in total. The third-order valence-corrected chi connectivity index (χ3v) is 1.40. The van der Waals surface area contributed by atoms with Gasteiger partial charge in [-0.3, -0.25) is 0 Å². The first-order valence-corrected chi connectivity index (χ1v) is 3.56. The maximum Gasteiger partial charge on any atom is 0.131 e. The van der Waals surface area contributed by atoms with Crippen molar-refractivity contribution in [2.24, 2.45) is 0 Å². The van der Waals surface area contributed by atoms with Crippen molar-refractivity contribution in [1.29, 1.82) is 0 Å². The molecule has 0 bridgehead atoms. The zero-order chi connectivity index (χ0) is 16.3. The van der Waals surface area contributed by atoms with E-state index in [-0.39, 0.29) is 16.5 Å². The quantitative estimate of drug-likeness (QED) is 0.695. The van der Waals surface area contributed by atoms with Crippen molar-refractivity contribution in [3.63, 3.8) is 0 Å². The van der Waals surface area contributed by atoms with Gasteiger partial charge in [0.2, 0.25) is 0 Å². The largest absolute Gasteiger partial charge is 0.384 e. The summed E-state index contributed by atoms with van der Waals surface area (Å²) in [7, 11) is 0. The number of hydrogen-bond donors (Lipinski definition) is 1. The number of pyridine rings is 1. The number of rotatable bonds is 1. The SMILES string of the molecule is [2H]C1([2H])OC([2H])([2H])C([2H])([2H])N(c2cccc(N)n2)C1([2H])[2H]. The van der Waals surface area contributed by atoms with Crippen LogP contribution in [0.5, 0.6) is 0 Å². The number of ether oxygens (including phenoxy) is 1. The summed E-state index contributed by atoms with van der Waals surface area (Å²) in [6, 6.07) is 3.98. The molecule has 0 radical (unpaired) electrons. The fraction of sp³-hybridized carbons (Fsp3) is 0.444. The number of morpholine rings is 1. The first-order valence-electron chi connectivity index (χ1n) is 7.56. The van der Waals surface area contributed by atoms with Crippen molar-refractivity contribution in [3.8, 4) is 0 Å². The minimum absolute atomic E-state index is 0.0354. The maximum absolute atomic E-state index is 7.83. The summed E-state index contributed by atoms with van der Waals surface area (Å²) in [4.78, 5) is 4.03. The molecule has 0 unspecified atom stereocenters. The lowest BCUT2D eigenvalue weighted by Crippen LogP contribution is -2.36. The normalized spacial score (nSPS) is 42.0. The van der Waals surface area contributed by atoms with Crippen LogP contribution in [0.15, 0.2) is 18.2 Å². The Morgan fingerprint density at radius 2 is 2.23 bits per heavy atom. The fourth-order valence-corrected chi connectivity index (χ4v) is 0.869. The van der Waals surface area contributed by atoms with Crippen LogP contribution in [0.2, 0.25) is 0 Å². The third kappa shape index (κ3) is 1.89. The van der Waals surface area contributed by atoms with Gasteiger partial charge < -0.3 is 15.4 Å². The number of nitrogen functional groups attached to an aromatic ring is 1. The third-order valence-electron chi connectivity index (χ3n) is 1.40. The van der Waals surface area contributed by atoms with Crippen molar-refractivity contribution < 1.29 is 15.7 Å². The van der Waals surface area contributed by atoms with Crippen molar-refractivity contribution in [2.45, 2.75) is 0 Å². The van der Waals surface area contributed by atoms with Crippen LogP contribution in [0.25, 0.3) is 0 Å². The standard InChI is InChI=1S/C9H13N3O/c10-8-2-1-3-9(11-8)12-4-6-13-7-5-12/h1-3H,4-7H2,(H2,10,11)/i4D2,5D2,6D2,7D2. The Hall–Kier alpha value is -1.29. The van der Waals surface area contributed by atoms with Crippen molar-refractivity contribution in [2.75, 3.05) is 36.7 Å². The monoisotopic (exact) mass is 187 g/mol. The van der Waals surface area contributed by atoms with Crippen LogP contribution in [0.3, 0.4) is 0 Å². The predicted molar refractivity (Wildman–Crippen MR) is 51.7 cm³/mol. The highest BCUT2D eigenvalue weighted by atomic mass is 16.5. The Bertz CT molecular complexity index is 538. The van der Waals surface area contributed by atoms with E-state index >= 15 is 0 Å². The van der Waals surface area contributed by atoms with Gasteiger partial charge in [-0.1, -0.05) is 6.07 Å². The second-order valence-corrected chi connectivity index (χ2v) is 2.29. The fourth-order valence-electron chi connectivity index (χ4n) is 0.869. The molecule has 2 heterocycles. The lowest BCUT2D eigenvalue weighted by Gasteiger charge is -2.27. The molecule has 4 heteroatoms. The van der Waals surface area contributed by atoms with Gasteiger partial charge in [0.1, 0.15) is 11.6 Å². The molecule has 1 aliphatic rings. The highest BCUT2D eigenvalue weighted by Gasteiger charge is 2.11. The van der Waals surface area contributed by atoms with Gasteiger partial charge >= 0.3 is 0 Å². The Labute approximate surface area is 88.6 Å².